The highest BCUT2D eigenvalue weighted by molar-refractivity contribution is 7.79. The number of hydrogen-bond acceptors (Lipinski definition) is 2. The Hall–Kier alpha value is -1.39. The number of halogens is 3. The van der Waals surface area contributed by atoms with Crippen LogP contribution >= 0.6 is 0 Å². The van der Waals surface area contributed by atoms with Crippen LogP contribution in [0.5, 0.6) is 0 Å². The van der Waals surface area contributed by atoms with E-state index in [1.165, 1.54) is 6.07 Å². The van der Waals surface area contributed by atoms with E-state index in [1.807, 2.05) is 0 Å². The van der Waals surface area contributed by atoms with Crippen molar-refractivity contribution < 1.29 is 21.9 Å². The van der Waals surface area contributed by atoms with Crippen molar-refractivity contribution >= 4 is 11.1 Å². The Bertz CT molecular complexity index is 450. The molecule has 7 heteroatoms. The molecule has 1 aromatic rings. The van der Waals surface area contributed by atoms with Gasteiger partial charge < -0.3 is 4.55 Å². The number of hydrogen-bond donors (Lipinski definition) is 1. The second kappa shape index (κ2) is 4.00. The number of rotatable bonds is 1. The van der Waals surface area contributed by atoms with Crippen LogP contribution in [-0.4, -0.2) is 8.76 Å². The van der Waals surface area contributed by atoms with E-state index in [0.29, 0.717) is 12.1 Å². The maximum Gasteiger partial charge on any atom is 0.416 e. The molecule has 0 amide bonds. The van der Waals surface area contributed by atoms with Gasteiger partial charge in [-0.2, -0.15) is 18.4 Å². The van der Waals surface area contributed by atoms with Gasteiger partial charge in [0.25, 0.3) is 0 Å². The summed E-state index contributed by atoms with van der Waals surface area (Å²) in [6.45, 7) is 0. The zero-order valence-corrected chi connectivity index (χ0v) is 7.89. The standard InChI is InChI=1S/C8H4F3NO2S/c9-8(10,11)6-1-2-7(15(13)14)5(3-6)4-12/h1-3H,(H,13,14). The zero-order valence-electron chi connectivity index (χ0n) is 7.08. The molecule has 15 heavy (non-hydrogen) atoms. The second-order valence-electron chi connectivity index (χ2n) is 2.57. The summed E-state index contributed by atoms with van der Waals surface area (Å²) in [6, 6.07) is 3.46. The minimum atomic E-state index is -4.57. The molecule has 0 aliphatic rings. The molecule has 1 N–H and O–H groups in total. The van der Waals surface area contributed by atoms with Gasteiger partial charge in [-0.3, -0.25) is 0 Å². The van der Waals surface area contributed by atoms with Crippen LogP contribution in [0.1, 0.15) is 11.1 Å². The van der Waals surface area contributed by atoms with Crippen LogP contribution in [-0.2, 0) is 17.3 Å². The van der Waals surface area contributed by atoms with Crippen molar-refractivity contribution in [2.45, 2.75) is 11.1 Å². The van der Waals surface area contributed by atoms with Gasteiger partial charge >= 0.3 is 6.18 Å². The fourth-order valence-electron chi connectivity index (χ4n) is 0.946. The van der Waals surface area contributed by atoms with Gasteiger partial charge in [0.1, 0.15) is 6.07 Å². The second-order valence-corrected chi connectivity index (χ2v) is 3.51. The van der Waals surface area contributed by atoms with Gasteiger partial charge in [0, 0.05) is 0 Å². The third-order valence-corrected chi connectivity index (χ3v) is 2.35. The Kier molecular flexibility index (Phi) is 3.12. The Labute approximate surface area is 85.4 Å². The van der Waals surface area contributed by atoms with Crippen molar-refractivity contribution in [3.8, 4) is 6.07 Å². The van der Waals surface area contributed by atoms with E-state index >= 15 is 0 Å². The molecule has 0 bridgehead atoms. The molecule has 1 aromatic carbocycles. The van der Waals surface area contributed by atoms with Crippen LogP contribution in [0.25, 0.3) is 0 Å². The summed E-state index contributed by atoms with van der Waals surface area (Å²) in [4.78, 5) is -0.328. The van der Waals surface area contributed by atoms with E-state index in [2.05, 4.69) is 0 Å². The first-order valence-corrected chi connectivity index (χ1v) is 4.69. The summed E-state index contributed by atoms with van der Waals surface area (Å²) >= 11 is -2.47. The lowest BCUT2D eigenvalue weighted by molar-refractivity contribution is -0.137. The Morgan fingerprint density at radius 1 is 1.40 bits per heavy atom. The average molecular weight is 235 g/mol. The predicted molar refractivity (Wildman–Crippen MR) is 45.2 cm³/mol. The predicted octanol–water partition coefficient (Wildman–Crippen LogP) is 2.16. The molecule has 0 aliphatic heterocycles. The zero-order chi connectivity index (χ0) is 11.6. The molecule has 0 aromatic heterocycles. The van der Waals surface area contributed by atoms with E-state index < -0.39 is 28.4 Å². The van der Waals surface area contributed by atoms with Crippen LogP contribution in [0.3, 0.4) is 0 Å². The lowest BCUT2D eigenvalue weighted by Gasteiger charge is -2.07. The summed E-state index contributed by atoms with van der Waals surface area (Å²) in [5, 5.41) is 8.49. The van der Waals surface area contributed by atoms with Crippen LogP contribution in [0, 0.1) is 11.3 Å². The smallest absolute Gasteiger partial charge is 0.302 e. The van der Waals surface area contributed by atoms with E-state index in [4.69, 9.17) is 9.81 Å². The molecule has 1 rings (SSSR count). The lowest BCUT2D eigenvalue weighted by Crippen LogP contribution is -2.06. The summed E-state index contributed by atoms with van der Waals surface area (Å²) < 4.78 is 55.9. The molecule has 0 heterocycles. The minimum absolute atomic E-state index is 0.328. The van der Waals surface area contributed by atoms with Gasteiger partial charge in [-0.1, -0.05) is 0 Å². The third-order valence-electron chi connectivity index (χ3n) is 1.62. The van der Waals surface area contributed by atoms with Crippen LogP contribution in [0.4, 0.5) is 13.2 Å². The topological polar surface area (TPSA) is 61.1 Å². The first-order valence-electron chi connectivity index (χ1n) is 3.58. The highest BCUT2D eigenvalue weighted by Gasteiger charge is 2.31. The van der Waals surface area contributed by atoms with Crippen molar-refractivity contribution in [2.24, 2.45) is 0 Å². The lowest BCUT2D eigenvalue weighted by atomic mass is 10.1. The third kappa shape index (κ3) is 2.55. The monoisotopic (exact) mass is 235 g/mol. The Morgan fingerprint density at radius 2 is 2.00 bits per heavy atom. The van der Waals surface area contributed by atoms with Gasteiger partial charge in [-0.15, -0.1) is 0 Å². The van der Waals surface area contributed by atoms with E-state index in [9.17, 15) is 17.4 Å². The summed E-state index contributed by atoms with van der Waals surface area (Å²) in [5.74, 6) is 0. The number of nitrogens with zero attached hydrogens (tertiary/aromatic N) is 1. The molecule has 1 atom stereocenters. The maximum atomic E-state index is 12.2. The number of nitriles is 1. The molecule has 0 saturated heterocycles. The molecule has 0 fully saturated rings. The number of benzene rings is 1. The Morgan fingerprint density at radius 3 is 2.40 bits per heavy atom. The molecule has 0 radical (unpaired) electrons. The van der Waals surface area contributed by atoms with Gasteiger partial charge in [-0.25, -0.2) is 4.21 Å². The molecule has 0 spiro atoms. The van der Waals surface area contributed by atoms with Crippen molar-refractivity contribution in [3.63, 3.8) is 0 Å². The largest absolute Gasteiger partial charge is 0.416 e. The number of alkyl halides is 3. The van der Waals surface area contributed by atoms with Crippen molar-refractivity contribution in [2.75, 3.05) is 0 Å². The molecular formula is C8H4F3NO2S. The molecule has 80 valence electrons. The summed E-state index contributed by atoms with van der Waals surface area (Å²) in [5.41, 5.74) is -1.47. The van der Waals surface area contributed by atoms with E-state index in [-0.39, 0.29) is 4.90 Å². The fourth-order valence-corrected chi connectivity index (χ4v) is 1.42. The summed E-state index contributed by atoms with van der Waals surface area (Å²) in [7, 11) is 0. The van der Waals surface area contributed by atoms with Gasteiger partial charge in [0.05, 0.1) is 16.0 Å². The normalized spacial score (nSPS) is 13.3. The van der Waals surface area contributed by atoms with Gasteiger partial charge in [0.15, 0.2) is 11.1 Å². The first-order chi connectivity index (χ1) is 6.86. The Balaban J connectivity index is 3.34. The first kappa shape index (κ1) is 11.7. The van der Waals surface area contributed by atoms with Crippen LogP contribution < -0.4 is 0 Å². The van der Waals surface area contributed by atoms with Crippen molar-refractivity contribution in [1.82, 2.24) is 0 Å². The molecule has 3 nitrogen and oxygen atoms in total. The van der Waals surface area contributed by atoms with E-state index in [0.717, 1.165) is 6.07 Å². The quantitative estimate of drug-likeness (QED) is 0.758. The van der Waals surface area contributed by atoms with Crippen LogP contribution in [0.2, 0.25) is 0 Å². The highest BCUT2D eigenvalue weighted by Crippen LogP contribution is 2.30. The summed E-state index contributed by atoms with van der Waals surface area (Å²) in [6.07, 6.45) is -4.57. The minimum Gasteiger partial charge on any atom is -0.302 e. The van der Waals surface area contributed by atoms with Crippen molar-refractivity contribution in [3.05, 3.63) is 29.3 Å². The average Bonchev–Trinajstić information content (AvgIpc) is 2.15. The molecule has 0 saturated carbocycles. The SMILES string of the molecule is N#Cc1cc(C(F)(F)F)ccc1S(=O)O. The van der Waals surface area contributed by atoms with Gasteiger partial charge in [-0.05, 0) is 18.2 Å². The molecule has 0 aliphatic carbocycles. The fraction of sp³-hybridized carbons (Fsp3) is 0.125. The molecular weight excluding hydrogens is 231 g/mol. The van der Waals surface area contributed by atoms with Gasteiger partial charge in [0.2, 0.25) is 0 Å². The van der Waals surface area contributed by atoms with E-state index in [1.54, 1.807) is 0 Å². The van der Waals surface area contributed by atoms with Crippen molar-refractivity contribution in [1.29, 1.82) is 5.26 Å². The molecule has 1 unspecified atom stereocenters. The van der Waals surface area contributed by atoms with Crippen LogP contribution in [0.15, 0.2) is 23.1 Å². The maximum absolute atomic E-state index is 12.2. The highest BCUT2D eigenvalue weighted by atomic mass is 32.2.